The van der Waals surface area contributed by atoms with Crippen LogP contribution in [0.15, 0.2) is 76.5 Å². The Labute approximate surface area is 184 Å². The maximum atomic E-state index is 12.6. The van der Waals surface area contributed by atoms with Gasteiger partial charge in [0.25, 0.3) is 5.56 Å². The first-order chi connectivity index (χ1) is 15.2. The van der Waals surface area contributed by atoms with Gasteiger partial charge in [-0.3, -0.25) is 14.3 Å². The van der Waals surface area contributed by atoms with Gasteiger partial charge in [-0.05, 0) is 45.6 Å². The number of hydrogen-bond acceptors (Lipinski definition) is 6. The average molecular weight is 431 g/mol. The van der Waals surface area contributed by atoms with E-state index in [2.05, 4.69) is 51.0 Å². The molecule has 4 aromatic rings. The minimum absolute atomic E-state index is 0.0771. The molecule has 5 rings (SSSR count). The van der Waals surface area contributed by atoms with Crippen LogP contribution in [-0.2, 0) is 11.8 Å². The highest BCUT2D eigenvalue weighted by Crippen LogP contribution is 2.28. The minimum Gasteiger partial charge on any atom is -0.370 e. The number of hydrogen-bond donors (Lipinski definition) is 0. The monoisotopic (exact) mass is 430 g/mol. The molecular weight excluding hydrogens is 408 g/mol. The summed E-state index contributed by atoms with van der Waals surface area (Å²) in [5, 5.41) is 4.23. The van der Waals surface area contributed by atoms with Gasteiger partial charge in [-0.1, -0.05) is 24.3 Å². The van der Waals surface area contributed by atoms with Gasteiger partial charge in [0.15, 0.2) is 0 Å². The average Bonchev–Trinajstić information content (AvgIpc) is 3.37. The molecule has 0 N–H and O–H groups in total. The number of pyridine rings is 1. The lowest BCUT2D eigenvalue weighted by Gasteiger charge is -2.34. The van der Waals surface area contributed by atoms with Crippen molar-refractivity contribution in [3.63, 3.8) is 0 Å². The summed E-state index contributed by atoms with van der Waals surface area (Å²) in [4.78, 5) is 23.6. The quantitative estimate of drug-likeness (QED) is 0.487. The van der Waals surface area contributed by atoms with Gasteiger partial charge in [0, 0.05) is 37.6 Å². The molecule has 6 nitrogen and oxygen atoms in total. The highest BCUT2D eigenvalue weighted by Gasteiger charge is 2.25. The zero-order chi connectivity index (χ0) is 21.2. The molecule has 0 amide bonds. The lowest BCUT2D eigenvalue weighted by atomic mass is 10.0. The van der Waals surface area contributed by atoms with E-state index in [1.54, 1.807) is 41.4 Å². The van der Waals surface area contributed by atoms with Gasteiger partial charge in [-0.15, -0.1) is 0 Å². The van der Waals surface area contributed by atoms with E-state index in [0.29, 0.717) is 31.3 Å². The number of rotatable bonds is 4. The van der Waals surface area contributed by atoms with Crippen LogP contribution in [0.2, 0.25) is 0 Å². The van der Waals surface area contributed by atoms with Crippen molar-refractivity contribution in [1.29, 1.82) is 0 Å². The zero-order valence-corrected chi connectivity index (χ0v) is 18.0. The van der Waals surface area contributed by atoms with E-state index >= 15 is 0 Å². The molecular formula is C24H22N4O2S. The highest BCUT2D eigenvalue weighted by molar-refractivity contribution is 7.08. The summed E-state index contributed by atoms with van der Waals surface area (Å²) in [6, 6.07) is 15.9. The van der Waals surface area contributed by atoms with Crippen LogP contribution < -0.4 is 10.5 Å². The third kappa shape index (κ3) is 4.02. The number of thiophene rings is 1. The predicted octanol–water partition coefficient (Wildman–Crippen LogP) is 4.15. The molecule has 0 spiro atoms. The fourth-order valence-electron chi connectivity index (χ4n) is 3.83. The lowest BCUT2D eigenvalue weighted by molar-refractivity contribution is 0.0390. The molecule has 0 aliphatic carbocycles. The summed E-state index contributed by atoms with van der Waals surface area (Å²) in [6.07, 6.45) is 3.34. The summed E-state index contributed by atoms with van der Waals surface area (Å²) in [7, 11) is 1.76. The van der Waals surface area contributed by atoms with E-state index in [1.165, 1.54) is 11.1 Å². The Morgan fingerprint density at radius 1 is 1.03 bits per heavy atom. The molecule has 1 aliphatic heterocycles. The van der Waals surface area contributed by atoms with Crippen molar-refractivity contribution in [3.05, 3.63) is 87.6 Å². The van der Waals surface area contributed by atoms with Crippen molar-refractivity contribution in [2.75, 3.05) is 24.6 Å². The maximum absolute atomic E-state index is 12.6. The Morgan fingerprint density at radius 3 is 2.58 bits per heavy atom. The first-order valence-corrected chi connectivity index (χ1v) is 11.1. The molecule has 1 aromatic carbocycles. The molecule has 0 bridgehead atoms. The largest absolute Gasteiger partial charge is 0.370 e. The van der Waals surface area contributed by atoms with Crippen molar-refractivity contribution >= 4 is 17.3 Å². The van der Waals surface area contributed by atoms with Crippen molar-refractivity contribution in [2.45, 2.75) is 6.10 Å². The molecule has 1 aliphatic rings. The number of benzene rings is 1. The molecule has 31 heavy (non-hydrogen) atoms. The first-order valence-electron chi connectivity index (χ1n) is 10.2. The Hall–Kier alpha value is -3.29. The van der Waals surface area contributed by atoms with E-state index in [4.69, 9.17) is 9.72 Å². The molecule has 1 unspecified atom stereocenters. The van der Waals surface area contributed by atoms with Crippen LogP contribution in [0.5, 0.6) is 0 Å². The van der Waals surface area contributed by atoms with Crippen LogP contribution in [0, 0.1) is 0 Å². The normalized spacial score (nSPS) is 16.4. The van der Waals surface area contributed by atoms with Gasteiger partial charge in [-0.25, -0.2) is 4.98 Å². The van der Waals surface area contributed by atoms with Gasteiger partial charge in [-0.2, -0.15) is 11.3 Å². The first kappa shape index (κ1) is 19.7. The highest BCUT2D eigenvalue weighted by atomic mass is 32.1. The Kier molecular flexibility index (Phi) is 5.36. The molecule has 1 saturated heterocycles. The van der Waals surface area contributed by atoms with E-state index in [1.807, 2.05) is 12.1 Å². The van der Waals surface area contributed by atoms with Crippen LogP contribution in [0.1, 0.15) is 11.7 Å². The second-order valence-corrected chi connectivity index (χ2v) is 8.29. The van der Waals surface area contributed by atoms with E-state index in [0.717, 1.165) is 11.1 Å². The zero-order valence-electron chi connectivity index (χ0n) is 17.1. The number of anilines is 1. The molecule has 3 aromatic heterocycles. The van der Waals surface area contributed by atoms with Crippen molar-refractivity contribution < 1.29 is 4.74 Å². The molecule has 0 saturated carbocycles. The molecule has 7 heteroatoms. The van der Waals surface area contributed by atoms with E-state index in [-0.39, 0.29) is 11.7 Å². The number of morpholine rings is 1. The second-order valence-electron chi connectivity index (χ2n) is 7.51. The third-order valence-corrected chi connectivity index (χ3v) is 6.26. The number of ether oxygens (including phenoxy) is 1. The van der Waals surface area contributed by atoms with Gasteiger partial charge < -0.3 is 9.64 Å². The van der Waals surface area contributed by atoms with Crippen LogP contribution in [-0.4, -0.2) is 34.2 Å². The molecule has 4 heterocycles. The minimum atomic E-state index is -0.0834. The van der Waals surface area contributed by atoms with Gasteiger partial charge in [0.2, 0.25) is 5.95 Å². The number of aromatic nitrogens is 3. The van der Waals surface area contributed by atoms with Crippen LogP contribution >= 0.6 is 11.3 Å². The fraction of sp³-hybridized carbons (Fsp3) is 0.208. The lowest BCUT2D eigenvalue weighted by Crippen LogP contribution is -2.41. The van der Waals surface area contributed by atoms with Crippen LogP contribution in [0.4, 0.5) is 5.95 Å². The van der Waals surface area contributed by atoms with Crippen molar-refractivity contribution in [1.82, 2.24) is 14.5 Å². The topological polar surface area (TPSA) is 60.2 Å². The summed E-state index contributed by atoms with van der Waals surface area (Å²) < 4.78 is 7.67. The molecule has 1 atom stereocenters. The number of nitrogens with zero attached hydrogens (tertiary/aromatic N) is 4. The van der Waals surface area contributed by atoms with Crippen LogP contribution in [0.25, 0.3) is 22.4 Å². The Morgan fingerprint density at radius 2 is 1.84 bits per heavy atom. The molecule has 1 fully saturated rings. The van der Waals surface area contributed by atoms with Gasteiger partial charge in [0.05, 0.1) is 18.8 Å². The van der Waals surface area contributed by atoms with Gasteiger partial charge >= 0.3 is 0 Å². The molecule has 156 valence electrons. The smallest absolute Gasteiger partial charge is 0.255 e. The summed E-state index contributed by atoms with van der Waals surface area (Å²) in [5.74, 6) is 0.655. The van der Waals surface area contributed by atoms with Crippen molar-refractivity contribution in [3.8, 4) is 22.4 Å². The summed E-state index contributed by atoms with van der Waals surface area (Å²) >= 11 is 1.70. The maximum Gasteiger partial charge on any atom is 0.255 e. The molecule has 0 radical (unpaired) electrons. The standard InChI is InChI=1S/C24H22N4O2S/c1-27-23(29)14-21(18-6-9-25-10-7-18)26-24(27)28-11-12-30-22(15-28)19-4-2-17(3-5-19)20-8-13-31-16-20/h2-10,13-14,16,22H,11-12,15H2,1H3. The fourth-order valence-corrected chi connectivity index (χ4v) is 4.50. The SMILES string of the molecule is Cn1c(N2CCOC(c3ccc(-c4ccsc4)cc3)C2)nc(-c2ccncc2)cc1=O. The van der Waals surface area contributed by atoms with Crippen molar-refractivity contribution in [2.24, 2.45) is 7.05 Å². The van der Waals surface area contributed by atoms with Crippen LogP contribution in [0.3, 0.4) is 0 Å². The summed E-state index contributed by atoms with van der Waals surface area (Å²) in [6.45, 7) is 1.90. The predicted molar refractivity (Wildman–Crippen MR) is 123 cm³/mol. The Bertz CT molecular complexity index is 1220. The van der Waals surface area contributed by atoms with E-state index in [9.17, 15) is 4.79 Å². The Balaban J connectivity index is 1.42. The third-order valence-electron chi connectivity index (χ3n) is 5.57. The van der Waals surface area contributed by atoms with Gasteiger partial charge in [0.1, 0.15) is 6.10 Å². The summed E-state index contributed by atoms with van der Waals surface area (Å²) in [5.41, 5.74) is 5.01. The van der Waals surface area contributed by atoms with E-state index < -0.39 is 0 Å². The second kappa shape index (κ2) is 8.45.